The van der Waals surface area contributed by atoms with Crippen molar-refractivity contribution >= 4 is 5.91 Å². The van der Waals surface area contributed by atoms with E-state index in [1.165, 1.54) is 0 Å². The van der Waals surface area contributed by atoms with Crippen LogP contribution in [0.4, 0.5) is 0 Å². The second-order valence-electron chi connectivity index (χ2n) is 4.73. The lowest BCUT2D eigenvalue weighted by Gasteiger charge is -2.04. The van der Waals surface area contributed by atoms with Crippen LogP contribution in [0.1, 0.15) is 35.9 Å². The summed E-state index contributed by atoms with van der Waals surface area (Å²) in [6.07, 6.45) is 0. The van der Waals surface area contributed by atoms with E-state index in [0.29, 0.717) is 24.8 Å². The minimum atomic E-state index is -0.129. The van der Waals surface area contributed by atoms with Gasteiger partial charge in [0.15, 0.2) is 0 Å². The van der Waals surface area contributed by atoms with E-state index < -0.39 is 0 Å². The highest BCUT2D eigenvalue weighted by Crippen LogP contribution is 2.14. The molecule has 1 amide bonds. The molecule has 0 aromatic carbocycles. The van der Waals surface area contributed by atoms with E-state index in [1.54, 1.807) is 11.8 Å². The van der Waals surface area contributed by atoms with Crippen molar-refractivity contribution in [1.82, 2.24) is 20.4 Å². The van der Waals surface area contributed by atoms with Gasteiger partial charge in [0.05, 0.1) is 6.61 Å². The highest BCUT2D eigenvalue weighted by molar-refractivity contribution is 5.92. The SMILES string of the molecule is COCCNCCNC(=O)c1cc(C(C)C)n(C)n1. The van der Waals surface area contributed by atoms with E-state index in [2.05, 4.69) is 29.6 Å². The average molecular weight is 268 g/mol. The molecule has 0 unspecified atom stereocenters. The highest BCUT2D eigenvalue weighted by Gasteiger charge is 2.13. The summed E-state index contributed by atoms with van der Waals surface area (Å²) in [5.74, 6) is 0.228. The first kappa shape index (κ1) is 15.7. The molecule has 1 aromatic rings. The molecule has 0 fully saturated rings. The van der Waals surface area contributed by atoms with E-state index in [1.807, 2.05) is 13.1 Å². The van der Waals surface area contributed by atoms with Gasteiger partial charge in [-0.05, 0) is 12.0 Å². The average Bonchev–Trinajstić information content (AvgIpc) is 2.75. The summed E-state index contributed by atoms with van der Waals surface area (Å²) in [7, 11) is 3.52. The zero-order chi connectivity index (χ0) is 14.3. The van der Waals surface area contributed by atoms with Crippen LogP contribution in [0, 0.1) is 0 Å². The van der Waals surface area contributed by atoms with Crippen molar-refractivity contribution < 1.29 is 9.53 Å². The van der Waals surface area contributed by atoms with E-state index in [-0.39, 0.29) is 5.91 Å². The van der Waals surface area contributed by atoms with Gasteiger partial charge in [-0.3, -0.25) is 9.48 Å². The van der Waals surface area contributed by atoms with E-state index in [4.69, 9.17) is 4.74 Å². The number of nitrogens with one attached hydrogen (secondary N) is 2. The predicted octanol–water partition coefficient (Wildman–Crippen LogP) is 0.509. The van der Waals surface area contributed by atoms with Crippen molar-refractivity contribution in [2.24, 2.45) is 7.05 Å². The Bertz CT molecular complexity index is 401. The van der Waals surface area contributed by atoms with Crippen molar-refractivity contribution in [2.75, 3.05) is 33.4 Å². The molecule has 0 aliphatic carbocycles. The second kappa shape index (κ2) is 7.91. The largest absolute Gasteiger partial charge is 0.383 e. The number of methoxy groups -OCH3 is 1. The maximum absolute atomic E-state index is 11.9. The second-order valence-corrected chi connectivity index (χ2v) is 4.73. The zero-order valence-electron chi connectivity index (χ0n) is 12.2. The summed E-state index contributed by atoms with van der Waals surface area (Å²) in [6, 6.07) is 1.85. The number of carbonyl (C=O) groups excluding carboxylic acids is 1. The first-order valence-electron chi connectivity index (χ1n) is 6.58. The third-order valence-electron chi connectivity index (χ3n) is 2.81. The predicted molar refractivity (Wildman–Crippen MR) is 74.4 cm³/mol. The molecule has 0 bridgehead atoms. The molecule has 0 saturated carbocycles. The van der Waals surface area contributed by atoms with Crippen LogP contribution in [0.5, 0.6) is 0 Å². The molecule has 0 atom stereocenters. The van der Waals surface area contributed by atoms with E-state index in [9.17, 15) is 4.79 Å². The van der Waals surface area contributed by atoms with Crippen molar-refractivity contribution in [1.29, 1.82) is 0 Å². The molecule has 0 aliphatic heterocycles. The number of aromatic nitrogens is 2. The number of aryl methyl sites for hydroxylation is 1. The molecule has 0 saturated heterocycles. The van der Waals surface area contributed by atoms with E-state index >= 15 is 0 Å². The number of rotatable bonds is 8. The molecule has 6 nitrogen and oxygen atoms in total. The van der Waals surface area contributed by atoms with Crippen LogP contribution in [-0.2, 0) is 11.8 Å². The summed E-state index contributed by atoms with van der Waals surface area (Å²) < 4.78 is 6.67. The van der Waals surface area contributed by atoms with Crippen molar-refractivity contribution in [3.63, 3.8) is 0 Å². The summed E-state index contributed by atoms with van der Waals surface area (Å²) in [5.41, 5.74) is 1.53. The van der Waals surface area contributed by atoms with Crippen molar-refractivity contribution in [3.8, 4) is 0 Å². The molecule has 6 heteroatoms. The van der Waals surface area contributed by atoms with Gasteiger partial charge >= 0.3 is 0 Å². The molecular formula is C13H24N4O2. The fraction of sp³-hybridized carbons (Fsp3) is 0.692. The molecule has 1 heterocycles. The number of amides is 1. The first-order valence-corrected chi connectivity index (χ1v) is 6.58. The molecule has 0 spiro atoms. The Hall–Kier alpha value is -1.40. The van der Waals surface area contributed by atoms with Gasteiger partial charge in [-0.15, -0.1) is 0 Å². The van der Waals surface area contributed by atoms with Crippen LogP contribution in [-0.4, -0.2) is 49.0 Å². The standard InChI is InChI=1S/C13H24N4O2/c1-10(2)12-9-11(16-17(12)3)13(18)15-6-5-14-7-8-19-4/h9-10,14H,5-8H2,1-4H3,(H,15,18). The number of hydrogen-bond donors (Lipinski definition) is 2. The normalized spacial score (nSPS) is 11.0. The lowest BCUT2D eigenvalue weighted by atomic mass is 10.1. The quantitative estimate of drug-likeness (QED) is 0.674. The van der Waals surface area contributed by atoms with Crippen LogP contribution >= 0.6 is 0 Å². The first-order chi connectivity index (χ1) is 9.06. The third kappa shape index (κ3) is 5.00. The lowest BCUT2D eigenvalue weighted by molar-refractivity contribution is 0.0948. The molecule has 0 radical (unpaired) electrons. The van der Waals surface area contributed by atoms with Gasteiger partial charge < -0.3 is 15.4 Å². The lowest BCUT2D eigenvalue weighted by Crippen LogP contribution is -2.33. The van der Waals surface area contributed by atoms with Crippen LogP contribution in [0.15, 0.2) is 6.07 Å². The minimum Gasteiger partial charge on any atom is -0.383 e. The Labute approximate surface area is 114 Å². The van der Waals surface area contributed by atoms with Gasteiger partial charge in [-0.25, -0.2) is 0 Å². The number of ether oxygens (including phenoxy) is 1. The Morgan fingerprint density at radius 1 is 1.42 bits per heavy atom. The smallest absolute Gasteiger partial charge is 0.271 e. The van der Waals surface area contributed by atoms with Gasteiger partial charge in [0, 0.05) is 39.5 Å². The molecule has 1 aromatic heterocycles. The molecular weight excluding hydrogens is 244 g/mol. The third-order valence-corrected chi connectivity index (χ3v) is 2.81. The molecule has 1 rings (SSSR count). The maximum atomic E-state index is 11.9. The van der Waals surface area contributed by atoms with Gasteiger partial charge in [0.25, 0.3) is 5.91 Å². The molecule has 19 heavy (non-hydrogen) atoms. The molecule has 108 valence electrons. The monoisotopic (exact) mass is 268 g/mol. The molecule has 0 aliphatic rings. The highest BCUT2D eigenvalue weighted by atomic mass is 16.5. The van der Waals surface area contributed by atoms with Crippen LogP contribution < -0.4 is 10.6 Å². The molecule has 2 N–H and O–H groups in total. The summed E-state index contributed by atoms with van der Waals surface area (Å²) in [5, 5.41) is 10.2. The topological polar surface area (TPSA) is 68.2 Å². The number of hydrogen-bond acceptors (Lipinski definition) is 4. The van der Waals surface area contributed by atoms with Crippen LogP contribution in [0.2, 0.25) is 0 Å². The Balaban J connectivity index is 2.35. The zero-order valence-corrected chi connectivity index (χ0v) is 12.2. The summed E-state index contributed by atoms with van der Waals surface area (Å²) >= 11 is 0. The summed E-state index contributed by atoms with van der Waals surface area (Å²) in [4.78, 5) is 11.9. The Morgan fingerprint density at radius 2 is 2.16 bits per heavy atom. The van der Waals surface area contributed by atoms with Crippen LogP contribution in [0.25, 0.3) is 0 Å². The van der Waals surface area contributed by atoms with Gasteiger partial charge in [-0.2, -0.15) is 5.10 Å². The Morgan fingerprint density at radius 3 is 2.74 bits per heavy atom. The van der Waals surface area contributed by atoms with Gasteiger partial charge in [0.1, 0.15) is 5.69 Å². The van der Waals surface area contributed by atoms with Gasteiger partial charge in [0.2, 0.25) is 0 Å². The minimum absolute atomic E-state index is 0.129. The van der Waals surface area contributed by atoms with Gasteiger partial charge in [-0.1, -0.05) is 13.8 Å². The maximum Gasteiger partial charge on any atom is 0.271 e. The van der Waals surface area contributed by atoms with Crippen molar-refractivity contribution in [3.05, 3.63) is 17.5 Å². The van der Waals surface area contributed by atoms with E-state index in [0.717, 1.165) is 18.8 Å². The Kier molecular flexibility index (Phi) is 6.52. The number of nitrogens with zero attached hydrogens (tertiary/aromatic N) is 2. The fourth-order valence-electron chi connectivity index (χ4n) is 1.79. The number of carbonyl (C=O) groups is 1. The fourth-order valence-corrected chi connectivity index (χ4v) is 1.79. The van der Waals surface area contributed by atoms with Crippen LogP contribution in [0.3, 0.4) is 0 Å². The summed E-state index contributed by atoms with van der Waals surface area (Å²) in [6.45, 7) is 6.92. The van der Waals surface area contributed by atoms with Crippen molar-refractivity contribution in [2.45, 2.75) is 19.8 Å².